The van der Waals surface area contributed by atoms with E-state index in [0.29, 0.717) is 5.56 Å². The van der Waals surface area contributed by atoms with Crippen molar-refractivity contribution in [1.82, 2.24) is 10.9 Å². The van der Waals surface area contributed by atoms with Crippen molar-refractivity contribution in [3.63, 3.8) is 0 Å². The van der Waals surface area contributed by atoms with Crippen LogP contribution in [0.3, 0.4) is 0 Å². The lowest BCUT2D eigenvalue weighted by atomic mass is 9.85. The minimum Gasteiger partial charge on any atom is -0.443 e. The van der Waals surface area contributed by atoms with Crippen LogP contribution in [0.5, 0.6) is 0 Å². The summed E-state index contributed by atoms with van der Waals surface area (Å²) < 4.78 is 48.5. The zero-order valence-corrected chi connectivity index (χ0v) is 20.7. The largest absolute Gasteiger partial charge is 0.443 e. The van der Waals surface area contributed by atoms with E-state index in [1.54, 1.807) is 39.8 Å². The highest BCUT2D eigenvalue weighted by atomic mass is 32.2. The summed E-state index contributed by atoms with van der Waals surface area (Å²) in [6.45, 7) is 8.47. The zero-order chi connectivity index (χ0) is 25.5. The molecule has 2 atom stereocenters. The molecule has 0 spiro atoms. The minimum absolute atomic E-state index is 0.0418. The Balaban J connectivity index is 2.08. The summed E-state index contributed by atoms with van der Waals surface area (Å²) in [6.07, 6.45) is -0.633. The van der Waals surface area contributed by atoms with Crippen molar-refractivity contribution in [2.45, 2.75) is 57.5 Å². The van der Waals surface area contributed by atoms with Crippen molar-refractivity contribution in [3.05, 3.63) is 65.5 Å². The molecule has 0 radical (unpaired) electrons. The fourth-order valence-electron chi connectivity index (χ4n) is 3.19. The van der Waals surface area contributed by atoms with Gasteiger partial charge in [-0.05, 0) is 69.9 Å². The molecule has 10 heteroatoms. The van der Waals surface area contributed by atoms with Gasteiger partial charge in [-0.2, -0.15) is 8.42 Å². The van der Waals surface area contributed by atoms with Crippen LogP contribution in [0.2, 0.25) is 0 Å². The zero-order valence-electron chi connectivity index (χ0n) is 19.9. The molecule has 186 valence electrons. The van der Waals surface area contributed by atoms with Gasteiger partial charge in [0.1, 0.15) is 11.4 Å². The summed E-state index contributed by atoms with van der Waals surface area (Å²) >= 11 is 0. The first-order chi connectivity index (χ1) is 15.8. The standard InChI is InChI=1S/C24H31FN2O6S/c1-16-6-12-20(13-7-16)34(30,31)32-15-14-17(2)21(18-8-10-19(25)11-9-18)22(28)26-27-23(29)33-24(3,4)5/h6-13,17,21H,14-15H2,1-5H3,(H,26,28)(H,27,29). The van der Waals surface area contributed by atoms with Gasteiger partial charge in [0, 0.05) is 0 Å². The van der Waals surface area contributed by atoms with Crippen molar-refractivity contribution < 1.29 is 31.3 Å². The number of nitrogens with one attached hydrogen (secondary N) is 2. The lowest BCUT2D eigenvalue weighted by Crippen LogP contribution is -2.47. The van der Waals surface area contributed by atoms with Gasteiger partial charge in [-0.15, -0.1) is 0 Å². The van der Waals surface area contributed by atoms with Gasteiger partial charge >= 0.3 is 6.09 Å². The van der Waals surface area contributed by atoms with Crippen LogP contribution in [-0.4, -0.2) is 32.6 Å². The molecule has 2 aromatic rings. The quantitative estimate of drug-likeness (QED) is 0.420. The normalized spacial score (nSPS) is 13.6. The molecule has 0 aliphatic carbocycles. The Morgan fingerprint density at radius 1 is 1.00 bits per heavy atom. The maximum atomic E-state index is 13.4. The summed E-state index contributed by atoms with van der Waals surface area (Å²) in [5.41, 5.74) is 5.19. The Bertz CT molecular complexity index is 1080. The molecule has 0 bridgehead atoms. The van der Waals surface area contributed by atoms with Crippen molar-refractivity contribution in [2.75, 3.05) is 6.61 Å². The molecular formula is C24H31FN2O6S. The molecule has 0 aliphatic rings. The lowest BCUT2D eigenvalue weighted by Gasteiger charge is -2.25. The van der Waals surface area contributed by atoms with Gasteiger partial charge in [-0.3, -0.25) is 14.4 Å². The van der Waals surface area contributed by atoms with Gasteiger partial charge in [-0.25, -0.2) is 14.6 Å². The molecule has 2 aromatic carbocycles. The SMILES string of the molecule is Cc1ccc(S(=O)(=O)OCCC(C)C(C(=O)NNC(=O)OC(C)(C)C)c2ccc(F)cc2)cc1. The fourth-order valence-corrected chi connectivity index (χ4v) is 4.11. The fraction of sp³-hybridized carbons (Fsp3) is 0.417. The third-order valence-electron chi connectivity index (χ3n) is 4.89. The predicted molar refractivity (Wildman–Crippen MR) is 125 cm³/mol. The molecule has 0 saturated carbocycles. The molecule has 0 aliphatic heterocycles. The van der Waals surface area contributed by atoms with E-state index in [-0.39, 0.29) is 17.9 Å². The number of benzene rings is 2. The Morgan fingerprint density at radius 3 is 2.15 bits per heavy atom. The highest BCUT2D eigenvalue weighted by Crippen LogP contribution is 2.28. The second kappa shape index (κ2) is 11.4. The molecule has 2 N–H and O–H groups in total. The first-order valence-electron chi connectivity index (χ1n) is 10.8. The van der Waals surface area contributed by atoms with Gasteiger partial charge in [-0.1, -0.05) is 36.8 Å². The van der Waals surface area contributed by atoms with E-state index in [0.717, 1.165) is 5.56 Å². The third kappa shape index (κ3) is 8.42. The second-order valence-corrected chi connectivity index (χ2v) is 10.6. The number of amides is 2. The Kier molecular flexibility index (Phi) is 9.17. The average molecular weight is 495 g/mol. The molecule has 2 rings (SSSR count). The van der Waals surface area contributed by atoms with E-state index in [9.17, 15) is 22.4 Å². The molecule has 34 heavy (non-hydrogen) atoms. The smallest absolute Gasteiger partial charge is 0.426 e. The highest BCUT2D eigenvalue weighted by Gasteiger charge is 2.28. The maximum absolute atomic E-state index is 13.4. The first kappa shape index (κ1) is 27.3. The lowest BCUT2D eigenvalue weighted by molar-refractivity contribution is -0.124. The van der Waals surface area contributed by atoms with Crippen LogP contribution in [0.1, 0.15) is 51.2 Å². The second-order valence-electron chi connectivity index (χ2n) is 9.00. The summed E-state index contributed by atoms with van der Waals surface area (Å²) in [6, 6.07) is 11.7. The summed E-state index contributed by atoms with van der Waals surface area (Å²) in [5.74, 6) is -2.26. The van der Waals surface area contributed by atoms with Crippen molar-refractivity contribution >= 4 is 22.1 Å². The molecule has 2 amide bonds. The number of ether oxygens (including phenoxy) is 1. The summed E-state index contributed by atoms with van der Waals surface area (Å²) in [4.78, 5) is 24.9. The number of hydrazine groups is 1. The van der Waals surface area contributed by atoms with E-state index in [4.69, 9.17) is 8.92 Å². The molecular weight excluding hydrogens is 463 g/mol. The van der Waals surface area contributed by atoms with E-state index in [1.165, 1.54) is 36.4 Å². The van der Waals surface area contributed by atoms with Crippen LogP contribution >= 0.6 is 0 Å². The third-order valence-corrected chi connectivity index (χ3v) is 6.22. The minimum atomic E-state index is -3.95. The molecule has 0 aromatic heterocycles. The maximum Gasteiger partial charge on any atom is 0.426 e. The van der Waals surface area contributed by atoms with Gasteiger partial charge in [0.05, 0.1) is 17.4 Å². The van der Waals surface area contributed by atoms with Crippen molar-refractivity contribution in [1.29, 1.82) is 0 Å². The van der Waals surface area contributed by atoms with Crippen LogP contribution in [0.4, 0.5) is 9.18 Å². The molecule has 8 nitrogen and oxygen atoms in total. The molecule has 0 saturated heterocycles. The average Bonchev–Trinajstić information content (AvgIpc) is 2.73. The van der Waals surface area contributed by atoms with Crippen LogP contribution < -0.4 is 10.9 Å². The van der Waals surface area contributed by atoms with Crippen LogP contribution in [0.15, 0.2) is 53.4 Å². The van der Waals surface area contributed by atoms with E-state index >= 15 is 0 Å². The number of halogens is 1. The Morgan fingerprint density at radius 2 is 1.59 bits per heavy atom. The number of hydrogen-bond donors (Lipinski definition) is 2. The number of rotatable bonds is 8. The monoisotopic (exact) mass is 494 g/mol. The van der Waals surface area contributed by atoms with E-state index in [1.807, 2.05) is 6.92 Å². The van der Waals surface area contributed by atoms with Gasteiger partial charge < -0.3 is 4.74 Å². The molecule has 2 unspecified atom stereocenters. The number of carbonyl (C=O) groups excluding carboxylic acids is 2. The van der Waals surface area contributed by atoms with Crippen molar-refractivity contribution in [3.8, 4) is 0 Å². The highest BCUT2D eigenvalue weighted by molar-refractivity contribution is 7.86. The van der Waals surface area contributed by atoms with Crippen LogP contribution in [0, 0.1) is 18.7 Å². The topological polar surface area (TPSA) is 111 Å². The summed E-state index contributed by atoms with van der Waals surface area (Å²) in [7, 11) is -3.95. The molecule has 0 heterocycles. The molecule has 0 fully saturated rings. The number of hydrogen-bond acceptors (Lipinski definition) is 6. The van der Waals surface area contributed by atoms with E-state index < -0.39 is 45.4 Å². The van der Waals surface area contributed by atoms with E-state index in [2.05, 4.69) is 10.9 Å². The summed E-state index contributed by atoms with van der Waals surface area (Å²) in [5, 5.41) is 0. The first-order valence-corrected chi connectivity index (χ1v) is 12.2. The van der Waals surface area contributed by atoms with Crippen LogP contribution in [0.25, 0.3) is 0 Å². The van der Waals surface area contributed by atoms with Gasteiger partial charge in [0.15, 0.2) is 0 Å². The Hall–Kier alpha value is -2.98. The Labute approximate surface area is 199 Å². The number of carbonyl (C=O) groups is 2. The number of aryl methyl sites for hydroxylation is 1. The van der Waals surface area contributed by atoms with Gasteiger partial charge in [0.2, 0.25) is 5.91 Å². The van der Waals surface area contributed by atoms with Crippen molar-refractivity contribution in [2.24, 2.45) is 5.92 Å². The predicted octanol–water partition coefficient (Wildman–Crippen LogP) is 4.21. The van der Waals surface area contributed by atoms with Gasteiger partial charge in [0.25, 0.3) is 10.1 Å². The van der Waals surface area contributed by atoms with Crippen LogP contribution in [-0.2, 0) is 23.8 Å².